The minimum absolute atomic E-state index is 0.313. The summed E-state index contributed by atoms with van der Waals surface area (Å²) in [5, 5.41) is 8.80. The minimum atomic E-state index is -0.673. The molecule has 0 bridgehead atoms. The molecule has 1 fully saturated rings. The van der Waals surface area contributed by atoms with Gasteiger partial charge < -0.3 is 10.0 Å². The molecule has 4 heteroatoms. The Morgan fingerprint density at radius 1 is 1.44 bits per heavy atom. The molecular weight excluding hydrogens is 294 g/mol. The van der Waals surface area contributed by atoms with Crippen LogP contribution >= 0.6 is 15.9 Å². The molecule has 0 atom stereocenters. The summed E-state index contributed by atoms with van der Waals surface area (Å²) < 4.78 is 1.13. The highest BCUT2D eigenvalue weighted by Crippen LogP contribution is 2.28. The maximum Gasteiger partial charge on any atom is 0.303 e. The number of anilines is 1. The number of carboxylic acid groups (broad SMARTS) is 1. The lowest BCUT2D eigenvalue weighted by molar-refractivity contribution is -0.138. The Kier molecular flexibility index (Phi) is 4.27. The molecule has 0 aliphatic carbocycles. The van der Waals surface area contributed by atoms with E-state index in [1.807, 2.05) is 0 Å². The SMILES string of the molecule is Cc1cc(N2CCC(CC(=O)O)CC2)ccc1Br. The molecule has 0 saturated carbocycles. The van der Waals surface area contributed by atoms with Gasteiger partial charge in [0.25, 0.3) is 0 Å². The lowest BCUT2D eigenvalue weighted by Crippen LogP contribution is -2.34. The van der Waals surface area contributed by atoms with Crippen LogP contribution in [0.1, 0.15) is 24.8 Å². The number of halogens is 1. The van der Waals surface area contributed by atoms with Crippen molar-refractivity contribution >= 4 is 27.6 Å². The van der Waals surface area contributed by atoms with Crippen molar-refractivity contribution in [3.63, 3.8) is 0 Å². The summed E-state index contributed by atoms with van der Waals surface area (Å²) in [6.45, 7) is 4.00. The first kappa shape index (κ1) is 13.4. The van der Waals surface area contributed by atoms with Gasteiger partial charge in [-0.1, -0.05) is 15.9 Å². The van der Waals surface area contributed by atoms with Crippen molar-refractivity contribution in [3.05, 3.63) is 28.2 Å². The number of piperidine rings is 1. The van der Waals surface area contributed by atoms with Gasteiger partial charge >= 0.3 is 5.97 Å². The maximum atomic E-state index is 10.7. The highest BCUT2D eigenvalue weighted by molar-refractivity contribution is 9.10. The van der Waals surface area contributed by atoms with Crippen LogP contribution in [0.5, 0.6) is 0 Å². The van der Waals surface area contributed by atoms with E-state index in [2.05, 4.69) is 46.0 Å². The van der Waals surface area contributed by atoms with E-state index in [1.54, 1.807) is 0 Å². The van der Waals surface area contributed by atoms with Gasteiger partial charge in [-0.05, 0) is 49.4 Å². The Bertz CT molecular complexity index is 439. The molecule has 1 aliphatic heterocycles. The van der Waals surface area contributed by atoms with E-state index in [9.17, 15) is 4.79 Å². The fourth-order valence-corrected chi connectivity index (χ4v) is 2.71. The number of carboxylic acids is 1. The van der Waals surface area contributed by atoms with E-state index in [0.717, 1.165) is 30.4 Å². The third-order valence-corrected chi connectivity index (χ3v) is 4.47. The molecule has 3 nitrogen and oxygen atoms in total. The molecule has 1 aliphatic rings. The second-order valence-electron chi connectivity index (χ2n) is 4.96. The zero-order valence-corrected chi connectivity index (χ0v) is 12.1. The topological polar surface area (TPSA) is 40.5 Å². The fraction of sp³-hybridized carbons (Fsp3) is 0.500. The first-order valence-electron chi connectivity index (χ1n) is 6.29. The summed E-state index contributed by atoms with van der Waals surface area (Å²) in [5.41, 5.74) is 2.48. The smallest absolute Gasteiger partial charge is 0.303 e. The largest absolute Gasteiger partial charge is 0.481 e. The van der Waals surface area contributed by atoms with E-state index in [0.29, 0.717) is 12.3 Å². The van der Waals surface area contributed by atoms with Crippen molar-refractivity contribution in [2.24, 2.45) is 5.92 Å². The Morgan fingerprint density at radius 3 is 2.67 bits per heavy atom. The minimum Gasteiger partial charge on any atom is -0.481 e. The van der Waals surface area contributed by atoms with Crippen molar-refractivity contribution < 1.29 is 9.90 Å². The summed E-state index contributed by atoms with van der Waals surface area (Å²) in [6.07, 6.45) is 2.26. The van der Waals surface area contributed by atoms with Gasteiger partial charge in [-0.3, -0.25) is 4.79 Å². The molecule has 1 saturated heterocycles. The molecule has 1 aromatic carbocycles. The van der Waals surface area contributed by atoms with Crippen LogP contribution in [0.4, 0.5) is 5.69 Å². The van der Waals surface area contributed by atoms with Gasteiger partial charge in [0.2, 0.25) is 0 Å². The number of nitrogens with zero attached hydrogens (tertiary/aromatic N) is 1. The van der Waals surface area contributed by atoms with Crippen molar-refractivity contribution in [2.45, 2.75) is 26.2 Å². The molecule has 1 heterocycles. The first-order valence-corrected chi connectivity index (χ1v) is 7.08. The summed E-state index contributed by atoms with van der Waals surface area (Å²) in [4.78, 5) is 13.0. The summed E-state index contributed by atoms with van der Waals surface area (Å²) in [5.74, 6) is -0.330. The van der Waals surface area contributed by atoms with Crippen LogP contribution in [0.15, 0.2) is 22.7 Å². The molecule has 0 aromatic heterocycles. The third kappa shape index (κ3) is 3.25. The number of hydrogen-bond donors (Lipinski definition) is 1. The number of aliphatic carboxylic acids is 1. The normalized spacial score (nSPS) is 16.9. The monoisotopic (exact) mass is 311 g/mol. The van der Waals surface area contributed by atoms with Crippen LogP contribution in [-0.2, 0) is 4.79 Å². The third-order valence-electron chi connectivity index (χ3n) is 3.58. The summed E-state index contributed by atoms with van der Waals surface area (Å²) in [7, 11) is 0. The first-order chi connectivity index (χ1) is 8.56. The zero-order chi connectivity index (χ0) is 13.1. The molecular formula is C14H18BrNO2. The van der Waals surface area contributed by atoms with Gasteiger partial charge in [0.05, 0.1) is 0 Å². The fourth-order valence-electron chi connectivity index (χ4n) is 2.47. The van der Waals surface area contributed by atoms with E-state index >= 15 is 0 Å². The van der Waals surface area contributed by atoms with Crippen molar-refractivity contribution in [1.29, 1.82) is 0 Å². The average molecular weight is 312 g/mol. The second-order valence-corrected chi connectivity index (χ2v) is 5.82. The Labute approximate surface area is 116 Å². The average Bonchev–Trinajstić information content (AvgIpc) is 2.33. The number of hydrogen-bond acceptors (Lipinski definition) is 2. The molecule has 18 heavy (non-hydrogen) atoms. The van der Waals surface area contributed by atoms with Crippen LogP contribution in [-0.4, -0.2) is 24.2 Å². The lowest BCUT2D eigenvalue weighted by atomic mass is 9.93. The van der Waals surface area contributed by atoms with Gasteiger partial charge in [-0.15, -0.1) is 0 Å². The van der Waals surface area contributed by atoms with Crippen LogP contribution in [0.2, 0.25) is 0 Å². The highest BCUT2D eigenvalue weighted by atomic mass is 79.9. The predicted molar refractivity (Wildman–Crippen MR) is 76.1 cm³/mol. The molecule has 1 N–H and O–H groups in total. The number of benzene rings is 1. The molecule has 98 valence electrons. The van der Waals surface area contributed by atoms with Gasteiger partial charge in [0.1, 0.15) is 0 Å². The van der Waals surface area contributed by atoms with Crippen molar-refractivity contribution in [2.75, 3.05) is 18.0 Å². The van der Waals surface area contributed by atoms with Gasteiger partial charge in [0.15, 0.2) is 0 Å². The second kappa shape index (κ2) is 5.74. The summed E-state index contributed by atoms with van der Waals surface area (Å²) >= 11 is 3.51. The molecule has 0 radical (unpaired) electrons. The molecule has 0 spiro atoms. The number of aryl methyl sites for hydroxylation is 1. The van der Waals surface area contributed by atoms with E-state index in [4.69, 9.17) is 5.11 Å². The van der Waals surface area contributed by atoms with Crippen LogP contribution in [0.3, 0.4) is 0 Å². The van der Waals surface area contributed by atoms with Gasteiger partial charge in [0, 0.05) is 29.7 Å². The zero-order valence-electron chi connectivity index (χ0n) is 10.5. The van der Waals surface area contributed by atoms with Crippen LogP contribution in [0, 0.1) is 12.8 Å². The Morgan fingerprint density at radius 2 is 2.11 bits per heavy atom. The number of carbonyl (C=O) groups is 1. The van der Waals surface area contributed by atoms with E-state index < -0.39 is 5.97 Å². The quantitative estimate of drug-likeness (QED) is 0.929. The molecule has 1 aromatic rings. The summed E-state index contributed by atoms with van der Waals surface area (Å²) in [6, 6.07) is 6.38. The lowest BCUT2D eigenvalue weighted by Gasteiger charge is -2.33. The van der Waals surface area contributed by atoms with Crippen molar-refractivity contribution in [3.8, 4) is 0 Å². The molecule has 0 unspecified atom stereocenters. The standard InChI is InChI=1S/C14H18BrNO2/c1-10-8-12(2-3-13(10)15)16-6-4-11(5-7-16)9-14(17)18/h2-3,8,11H,4-7,9H2,1H3,(H,17,18). The van der Waals surface area contributed by atoms with Crippen LogP contribution < -0.4 is 4.90 Å². The van der Waals surface area contributed by atoms with Gasteiger partial charge in [-0.2, -0.15) is 0 Å². The number of rotatable bonds is 3. The Balaban J connectivity index is 1.96. The maximum absolute atomic E-state index is 10.7. The molecule has 0 amide bonds. The highest BCUT2D eigenvalue weighted by Gasteiger charge is 2.21. The van der Waals surface area contributed by atoms with Gasteiger partial charge in [-0.25, -0.2) is 0 Å². The van der Waals surface area contributed by atoms with E-state index in [1.165, 1.54) is 11.3 Å². The predicted octanol–water partition coefficient (Wildman–Crippen LogP) is 3.45. The van der Waals surface area contributed by atoms with Crippen molar-refractivity contribution in [1.82, 2.24) is 0 Å². The van der Waals surface area contributed by atoms with E-state index in [-0.39, 0.29) is 0 Å². The molecule has 2 rings (SSSR count). The Hall–Kier alpha value is -1.03. The van der Waals surface area contributed by atoms with Crippen LogP contribution in [0.25, 0.3) is 0 Å².